The Morgan fingerprint density at radius 2 is 2.07 bits per heavy atom. The average molecular weight is 461 g/mol. The van der Waals surface area contributed by atoms with Crippen LogP contribution < -0.4 is 14.8 Å². The zero-order valence-corrected chi connectivity index (χ0v) is 16.4. The molecule has 10 nitrogen and oxygen atoms in total. The van der Waals surface area contributed by atoms with E-state index < -0.39 is 38.4 Å². The molecule has 0 radical (unpaired) electrons. The molecular formula is C15H10F3N5O5S2. The van der Waals surface area contributed by atoms with Crippen LogP contribution in [0.2, 0.25) is 0 Å². The first kappa shape index (κ1) is 21.4. The topological polar surface area (TPSA) is 129 Å². The highest BCUT2D eigenvalue weighted by Gasteiger charge is 2.36. The summed E-state index contributed by atoms with van der Waals surface area (Å²) in [6.07, 6.45) is -4.73. The lowest BCUT2D eigenvalue weighted by Gasteiger charge is -2.12. The molecule has 30 heavy (non-hydrogen) atoms. The number of alkyl halides is 3. The first-order chi connectivity index (χ1) is 14.2. The van der Waals surface area contributed by atoms with Crippen molar-refractivity contribution in [3.05, 3.63) is 49.4 Å². The third kappa shape index (κ3) is 4.80. The lowest BCUT2D eigenvalue weighted by Crippen LogP contribution is -2.14. The van der Waals surface area contributed by atoms with Gasteiger partial charge in [-0.1, -0.05) is 11.3 Å². The van der Waals surface area contributed by atoms with Crippen molar-refractivity contribution in [2.24, 2.45) is 0 Å². The summed E-state index contributed by atoms with van der Waals surface area (Å²) in [5, 5.41) is 19.7. The van der Waals surface area contributed by atoms with E-state index in [1.807, 2.05) is 0 Å². The van der Waals surface area contributed by atoms with E-state index in [-0.39, 0.29) is 29.4 Å². The maximum atomic E-state index is 12.6. The minimum Gasteiger partial charge on any atom is -0.493 e. The van der Waals surface area contributed by atoms with Crippen LogP contribution in [0.5, 0.6) is 11.5 Å². The molecule has 0 saturated carbocycles. The smallest absolute Gasteiger partial charge is 0.445 e. The largest absolute Gasteiger partial charge is 0.493 e. The van der Waals surface area contributed by atoms with Crippen molar-refractivity contribution < 1.29 is 32.4 Å². The van der Waals surface area contributed by atoms with Crippen LogP contribution in [0.15, 0.2) is 23.0 Å². The molecule has 0 atom stereocenters. The van der Waals surface area contributed by atoms with Gasteiger partial charge < -0.3 is 9.47 Å². The fraction of sp³-hybridized carbons (Fsp3) is 0.200. The second kappa shape index (κ2) is 8.58. The molecule has 0 spiro atoms. The molecule has 1 amide bonds. The summed E-state index contributed by atoms with van der Waals surface area (Å²) in [6, 6.07) is 2.04. The van der Waals surface area contributed by atoms with Gasteiger partial charge in [-0.25, -0.2) is 4.98 Å². The molecular weight excluding hydrogens is 451 g/mol. The number of rotatable bonds is 7. The first-order valence-electron chi connectivity index (χ1n) is 7.77. The zero-order chi connectivity index (χ0) is 21.9. The van der Waals surface area contributed by atoms with Crippen molar-refractivity contribution in [1.82, 2.24) is 15.2 Å². The molecule has 0 unspecified atom stereocenters. The van der Waals surface area contributed by atoms with Crippen molar-refractivity contribution in [3.8, 4) is 11.5 Å². The van der Waals surface area contributed by atoms with Crippen LogP contribution in [0.25, 0.3) is 0 Å². The predicted octanol–water partition coefficient (Wildman–Crippen LogP) is 3.76. The fourth-order valence-corrected chi connectivity index (χ4v) is 3.32. The Kier molecular flexibility index (Phi) is 6.12. The van der Waals surface area contributed by atoms with Crippen LogP contribution in [-0.4, -0.2) is 33.1 Å². The van der Waals surface area contributed by atoms with Crippen LogP contribution in [0.4, 0.5) is 24.0 Å². The van der Waals surface area contributed by atoms with E-state index >= 15 is 0 Å². The molecule has 0 saturated heterocycles. The summed E-state index contributed by atoms with van der Waals surface area (Å²) in [7, 11) is 1.26. The average Bonchev–Trinajstić information content (AvgIpc) is 3.37. The molecule has 3 aromatic rings. The Labute approximate surface area is 173 Å². The van der Waals surface area contributed by atoms with E-state index in [4.69, 9.17) is 9.47 Å². The number of methoxy groups -OCH3 is 1. The van der Waals surface area contributed by atoms with Gasteiger partial charge in [-0.15, -0.1) is 21.5 Å². The number of halogens is 3. The van der Waals surface area contributed by atoms with Gasteiger partial charge in [-0.3, -0.25) is 20.2 Å². The molecule has 0 bridgehead atoms. The van der Waals surface area contributed by atoms with Crippen LogP contribution in [0.3, 0.4) is 0 Å². The number of ether oxygens (including phenoxy) is 2. The number of hydrogen-bond donors (Lipinski definition) is 1. The van der Waals surface area contributed by atoms with Crippen LogP contribution in [0.1, 0.15) is 21.1 Å². The van der Waals surface area contributed by atoms with Crippen LogP contribution in [0, 0.1) is 10.1 Å². The molecule has 15 heteroatoms. The van der Waals surface area contributed by atoms with Gasteiger partial charge in [0.15, 0.2) is 11.5 Å². The number of amides is 1. The number of benzene rings is 1. The maximum absolute atomic E-state index is 12.6. The summed E-state index contributed by atoms with van der Waals surface area (Å²) < 4.78 is 48.5. The Balaban J connectivity index is 1.88. The van der Waals surface area contributed by atoms with Gasteiger partial charge in [0.1, 0.15) is 12.2 Å². The number of thiazole rings is 1. The van der Waals surface area contributed by atoms with Gasteiger partial charge in [0.2, 0.25) is 10.1 Å². The van der Waals surface area contributed by atoms with Crippen molar-refractivity contribution >= 4 is 39.4 Å². The quantitative estimate of drug-likeness (QED) is 0.416. The summed E-state index contributed by atoms with van der Waals surface area (Å²) in [5.41, 5.74) is 1.08. The Morgan fingerprint density at radius 1 is 1.30 bits per heavy atom. The number of carbonyl (C=O) groups is 1. The Bertz CT molecular complexity index is 1070. The number of carbonyl (C=O) groups excluding carboxylic acids is 1. The summed E-state index contributed by atoms with van der Waals surface area (Å²) in [5.74, 6) is -1.06. The monoisotopic (exact) mass is 461 g/mol. The van der Waals surface area contributed by atoms with E-state index in [1.165, 1.54) is 18.4 Å². The number of aromatic nitrogens is 3. The number of nitrogens with one attached hydrogen (secondary N) is 1. The van der Waals surface area contributed by atoms with Gasteiger partial charge in [0.05, 0.1) is 29.3 Å². The number of hydrogen-bond acceptors (Lipinski definition) is 10. The van der Waals surface area contributed by atoms with Gasteiger partial charge in [0, 0.05) is 11.4 Å². The third-order valence-electron chi connectivity index (χ3n) is 3.47. The summed E-state index contributed by atoms with van der Waals surface area (Å²) in [4.78, 5) is 27.1. The van der Waals surface area contributed by atoms with Crippen LogP contribution >= 0.6 is 22.7 Å². The van der Waals surface area contributed by atoms with Gasteiger partial charge >= 0.3 is 6.18 Å². The van der Waals surface area contributed by atoms with E-state index in [9.17, 15) is 28.1 Å². The third-order valence-corrected chi connectivity index (χ3v) is 4.99. The lowest BCUT2D eigenvalue weighted by molar-refractivity contribution is -0.385. The second-order valence-electron chi connectivity index (χ2n) is 5.41. The minimum absolute atomic E-state index is 0.00750. The van der Waals surface area contributed by atoms with Crippen molar-refractivity contribution in [2.45, 2.75) is 12.8 Å². The lowest BCUT2D eigenvalue weighted by atomic mass is 10.1. The second-order valence-corrected chi connectivity index (χ2v) is 7.11. The van der Waals surface area contributed by atoms with Crippen molar-refractivity contribution in [3.63, 3.8) is 0 Å². The number of anilines is 1. The predicted molar refractivity (Wildman–Crippen MR) is 99.0 cm³/mol. The summed E-state index contributed by atoms with van der Waals surface area (Å²) in [6.45, 7) is 0.00750. The van der Waals surface area contributed by atoms with Gasteiger partial charge in [-0.05, 0) is 0 Å². The number of nitro groups is 1. The highest BCUT2D eigenvalue weighted by molar-refractivity contribution is 7.15. The molecule has 158 valence electrons. The zero-order valence-electron chi connectivity index (χ0n) is 14.8. The molecule has 0 aliphatic rings. The van der Waals surface area contributed by atoms with E-state index in [1.54, 1.807) is 10.9 Å². The molecule has 2 heterocycles. The SMILES string of the molecule is COc1cc(C(=O)Nc2nnc(C(F)(F)F)s2)c([N+](=O)[O-])cc1OCc1cscn1. The molecule has 1 N–H and O–H groups in total. The standard InChI is InChI=1S/C15H10F3N5O5S2/c1-27-10-2-8(12(24)20-14-22-21-13(30-14)15(16,17)18)9(23(25)26)3-11(10)28-4-7-5-29-6-19-7/h2-3,5-6H,4H2,1H3,(H,20,22,24). The maximum Gasteiger partial charge on any atom is 0.445 e. The molecule has 3 rings (SSSR count). The normalized spacial score (nSPS) is 11.2. The highest BCUT2D eigenvalue weighted by Crippen LogP contribution is 2.36. The minimum atomic E-state index is -4.73. The Morgan fingerprint density at radius 3 is 2.63 bits per heavy atom. The fourth-order valence-electron chi connectivity index (χ4n) is 2.17. The molecule has 2 aromatic heterocycles. The van der Waals surface area contributed by atoms with Gasteiger partial charge in [0.25, 0.3) is 11.6 Å². The Hall–Kier alpha value is -3.33. The molecule has 0 aliphatic carbocycles. The van der Waals surface area contributed by atoms with Crippen molar-refractivity contribution in [1.29, 1.82) is 0 Å². The van der Waals surface area contributed by atoms with E-state index in [0.717, 1.165) is 12.1 Å². The van der Waals surface area contributed by atoms with Crippen LogP contribution in [-0.2, 0) is 12.8 Å². The molecule has 0 fully saturated rings. The first-order valence-corrected chi connectivity index (χ1v) is 9.53. The van der Waals surface area contributed by atoms with Gasteiger partial charge in [-0.2, -0.15) is 13.2 Å². The highest BCUT2D eigenvalue weighted by atomic mass is 32.1. The number of nitro benzene ring substituents is 1. The molecule has 1 aromatic carbocycles. The number of nitrogens with zero attached hydrogens (tertiary/aromatic N) is 4. The van der Waals surface area contributed by atoms with E-state index in [0.29, 0.717) is 5.69 Å². The summed E-state index contributed by atoms with van der Waals surface area (Å²) >= 11 is 1.43. The van der Waals surface area contributed by atoms with Crippen molar-refractivity contribution in [2.75, 3.05) is 12.4 Å². The molecule has 0 aliphatic heterocycles. The van der Waals surface area contributed by atoms with E-state index in [2.05, 4.69) is 20.5 Å².